The van der Waals surface area contributed by atoms with Gasteiger partial charge in [0, 0.05) is 0 Å². The Balaban J connectivity index is 1.34. The number of hydrogen-bond donors (Lipinski definition) is 0. The van der Waals surface area contributed by atoms with Crippen molar-refractivity contribution < 1.29 is 19.1 Å². The van der Waals surface area contributed by atoms with Crippen LogP contribution >= 0.6 is 0 Å². The summed E-state index contributed by atoms with van der Waals surface area (Å²) in [5.74, 6) is 0.0638. The Morgan fingerprint density at radius 2 is 1.62 bits per heavy atom. The number of ether oxygens (including phenoxy) is 1. The maximum atomic E-state index is 13.1. The summed E-state index contributed by atoms with van der Waals surface area (Å²) in [4.78, 5) is 40.3. The quantitative estimate of drug-likeness (QED) is 0.374. The average Bonchev–Trinajstić information content (AvgIpc) is 3.48. The highest BCUT2D eigenvalue weighted by atomic mass is 16.5. The molecule has 2 aliphatic carbocycles. The largest absolute Gasteiger partial charge is 0.423 e. The van der Waals surface area contributed by atoms with E-state index in [9.17, 15) is 14.4 Å². The predicted molar refractivity (Wildman–Crippen MR) is 121 cm³/mol. The molecule has 2 bridgehead atoms. The van der Waals surface area contributed by atoms with Gasteiger partial charge in [0.05, 0.1) is 23.1 Å². The van der Waals surface area contributed by atoms with E-state index in [-0.39, 0.29) is 29.1 Å². The van der Waals surface area contributed by atoms with Crippen molar-refractivity contribution >= 4 is 23.5 Å². The van der Waals surface area contributed by atoms with Crippen molar-refractivity contribution in [2.45, 2.75) is 51.9 Å². The molecule has 3 aliphatic rings. The standard InChI is InChI=1S/C27H29NO4/c1-4-27(2,3)19-10-12-21(13-11-19)32-26(31)18-6-5-7-20(15-18)28-24(29)22-16-8-9-17(14-16)23(22)25(28)30/h5-7,10-13,15-17,22-23H,4,8-9,14H2,1-3H3/t16-,17-,22-,23+/m0/s1. The van der Waals surface area contributed by atoms with Crippen LogP contribution in [0.15, 0.2) is 48.5 Å². The van der Waals surface area contributed by atoms with Gasteiger partial charge in [-0.15, -0.1) is 0 Å². The molecule has 0 N–H and O–H groups in total. The molecular weight excluding hydrogens is 402 g/mol. The van der Waals surface area contributed by atoms with Gasteiger partial charge >= 0.3 is 5.97 Å². The van der Waals surface area contributed by atoms with Crippen molar-refractivity contribution in [3.63, 3.8) is 0 Å². The van der Waals surface area contributed by atoms with Crippen LogP contribution in [0.5, 0.6) is 5.75 Å². The number of fused-ring (bicyclic) bond motifs is 5. The smallest absolute Gasteiger partial charge is 0.343 e. The summed E-state index contributed by atoms with van der Waals surface area (Å²) in [7, 11) is 0. The highest BCUT2D eigenvalue weighted by molar-refractivity contribution is 6.22. The van der Waals surface area contributed by atoms with Crippen LogP contribution in [0.25, 0.3) is 0 Å². The number of nitrogens with zero attached hydrogens (tertiary/aromatic N) is 1. The molecule has 1 heterocycles. The first-order valence-corrected chi connectivity index (χ1v) is 11.6. The average molecular weight is 432 g/mol. The molecule has 4 atom stereocenters. The van der Waals surface area contributed by atoms with E-state index >= 15 is 0 Å². The first-order chi connectivity index (χ1) is 15.3. The van der Waals surface area contributed by atoms with E-state index < -0.39 is 5.97 Å². The van der Waals surface area contributed by atoms with Crippen LogP contribution in [-0.2, 0) is 15.0 Å². The lowest BCUT2D eigenvalue weighted by Gasteiger charge is -2.23. The van der Waals surface area contributed by atoms with Gasteiger partial charge in [-0.2, -0.15) is 0 Å². The van der Waals surface area contributed by atoms with Crippen molar-refractivity contribution in [3.05, 3.63) is 59.7 Å². The van der Waals surface area contributed by atoms with Gasteiger partial charge in [0.25, 0.3) is 0 Å². The summed E-state index contributed by atoms with van der Waals surface area (Å²) >= 11 is 0. The Kier molecular flexibility index (Phi) is 4.95. The zero-order valence-electron chi connectivity index (χ0n) is 18.8. The van der Waals surface area contributed by atoms with Crippen LogP contribution in [0, 0.1) is 23.7 Å². The molecule has 0 radical (unpaired) electrons. The van der Waals surface area contributed by atoms with Gasteiger partial charge in [-0.1, -0.05) is 39.0 Å². The summed E-state index contributed by atoms with van der Waals surface area (Å²) in [6.45, 7) is 6.51. The molecule has 2 saturated carbocycles. The zero-order valence-corrected chi connectivity index (χ0v) is 18.8. The van der Waals surface area contributed by atoms with Crippen LogP contribution in [0.3, 0.4) is 0 Å². The van der Waals surface area contributed by atoms with Crippen LogP contribution in [-0.4, -0.2) is 17.8 Å². The highest BCUT2D eigenvalue weighted by Crippen LogP contribution is 2.56. The molecule has 5 rings (SSSR count). The Bertz CT molecular complexity index is 1060. The molecule has 2 amide bonds. The number of hydrogen-bond acceptors (Lipinski definition) is 4. The molecule has 0 unspecified atom stereocenters. The molecule has 32 heavy (non-hydrogen) atoms. The van der Waals surface area contributed by atoms with Gasteiger partial charge in [-0.25, -0.2) is 4.79 Å². The summed E-state index contributed by atoms with van der Waals surface area (Å²) in [6, 6.07) is 14.2. The normalized spacial score (nSPS) is 26.5. The third-order valence-electron chi connectivity index (χ3n) is 8.00. The Hall–Kier alpha value is -2.95. The molecule has 0 spiro atoms. The maximum absolute atomic E-state index is 13.1. The number of carbonyl (C=O) groups excluding carboxylic acids is 3. The van der Waals surface area contributed by atoms with Crippen molar-refractivity contribution in [2.75, 3.05) is 4.90 Å². The monoisotopic (exact) mass is 431 g/mol. The van der Waals surface area contributed by atoms with Crippen LogP contribution in [0.4, 0.5) is 5.69 Å². The number of esters is 1. The fourth-order valence-corrected chi connectivity index (χ4v) is 5.78. The molecule has 3 fully saturated rings. The molecule has 2 aromatic rings. The second kappa shape index (κ2) is 7.58. The van der Waals surface area contributed by atoms with Crippen LogP contribution < -0.4 is 9.64 Å². The third-order valence-corrected chi connectivity index (χ3v) is 8.00. The summed E-state index contributed by atoms with van der Waals surface area (Å²) in [5.41, 5.74) is 2.03. The van der Waals surface area contributed by atoms with E-state index in [4.69, 9.17) is 4.74 Å². The molecule has 0 aromatic heterocycles. The van der Waals surface area contributed by atoms with Gasteiger partial charge in [-0.05, 0) is 78.8 Å². The first kappa shape index (κ1) is 20.9. The summed E-state index contributed by atoms with van der Waals surface area (Å²) in [5, 5.41) is 0. The number of amides is 2. The minimum atomic E-state index is -0.506. The highest BCUT2D eigenvalue weighted by Gasteiger charge is 2.61. The van der Waals surface area contributed by atoms with Gasteiger partial charge in [0.2, 0.25) is 11.8 Å². The Labute approximate surface area is 188 Å². The molecule has 166 valence electrons. The van der Waals surface area contributed by atoms with E-state index in [1.165, 1.54) is 10.5 Å². The van der Waals surface area contributed by atoms with Gasteiger partial charge in [-0.3, -0.25) is 14.5 Å². The van der Waals surface area contributed by atoms with Crippen molar-refractivity contribution in [3.8, 4) is 5.75 Å². The Morgan fingerprint density at radius 1 is 1.00 bits per heavy atom. The SMILES string of the molecule is CCC(C)(C)c1ccc(OC(=O)c2cccc(N3C(=O)[C@@H]4[C@H]5CC[C@@H](C5)[C@@H]4C3=O)c2)cc1. The summed E-state index contributed by atoms with van der Waals surface area (Å²) < 4.78 is 5.56. The van der Waals surface area contributed by atoms with Gasteiger partial charge in [0.1, 0.15) is 5.75 Å². The number of imide groups is 1. The van der Waals surface area contributed by atoms with Crippen molar-refractivity contribution in [1.82, 2.24) is 0 Å². The fourth-order valence-electron chi connectivity index (χ4n) is 5.78. The van der Waals surface area contributed by atoms with E-state index in [0.717, 1.165) is 25.7 Å². The fraction of sp³-hybridized carbons (Fsp3) is 0.444. The third kappa shape index (κ3) is 3.26. The molecule has 1 aliphatic heterocycles. The van der Waals surface area contributed by atoms with E-state index in [0.29, 0.717) is 28.8 Å². The molecule has 2 aromatic carbocycles. The Morgan fingerprint density at radius 3 is 2.22 bits per heavy atom. The van der Waals surface area contributed by atoms with Crippen LogP contribution in [0.1, 0.15) is 62.4 Å². The lowest BCUT2D eigenvalue weighted by Crippen LogP contribution is -2.32. The number of anilines is 1. The lowest BCUT2D eigenvalue weighted by atomic mass is 9.81. The van der Waals surface area contributed by atoms with Crippen molar-refractivity contribution in [2.24, 2.45) is 23.7 Å². The minimum absolute atomic E-state index is 0.0590. The molecular formula is C27H29NO4. The second-order valence-corrected chi connectivity index (χ2v) is 10.1. The maximum Gasteiger partial charge on any atom is 0.343 e. The number of rotatable bonds is 5. The van der Waals surface area contributed by atoms with E-state index in [1.54, 1.807) is 36.4 Å². The minimum Gasteiger partial charge on any atom is -0.423 e. The topological polar surface area (TPSA) is 63.7 Å². The number of carbonyl (C=O) groups is 3. The van der Waals surface area contributed by atoms with E-state index in [1.807, 2.05) is 12.1 Å². The zero-order chi connectivity index (χ0) is 22.6. The van der Waals surface area contributed by atoms with E-state index in [2.05, 4.69) is 20.8 Å². The molecule has 5 nitrogen and oxygen atoms in total. The summed E-state index contributed by atoms with van der Waals surface area (Å²) in [6.07, 6.45) is 4.09. The second-order valence-electron chi connectivity index (χ2n) is 10.1. The lowest BCUT2D eigenvalue weighted by molar-refractivity contribution is -0.123. The van der Waals surface area contributed by atoms with Crippen LogP contribution in [0.2, 0.25) is 0 Å². The van der Waals surface area contributed by atoms with Gasteiger partial charge in [0.15, 0.2) is 0 Å². The molecule has 5 heteroatoms. The predicted octanol–water partition coefficient (Wildman–Crippen LogP) is 5.13. The number of benzene rings is 2. The van der Waals surface area contributed by atoms with Gasteiger partial charge < -0.3 is 4.74 Å². The first-order valence-electron chi connectivity index (χ1n) is 11.6. The van der Waals surface area contributed by atoms with Crippen molar-refractivity contribution in [1.29, 1.82) is 0 Å². The molecule has 1 saturated heterocycles.